The molecule has 0 radical (unpaired) electrons. The molecule has 21 heavy (non-hydrogen) atoms. The van der Waals surface area contributed by atoms with Crippen molar-refractivity contribution in [1.29, 1.82) is 5.26 Å². The molecule has 0 unspecified atom stereocenters. The SMILES string of the molecule is CSCC[C@@H](NS(=O)(=O)c1ccc(C#N)cc1Cl)C(=O)O. The van der Waals surface area contributed by atoms with Crippen molar-refractivity contribution in [2.24, 2.45) is 0 Å². The van der Waals surface area contributed by atoms with E-state index in [0.717, 1.165) is 0 Å². The first-order valence-electron chi connectivity index (χ1n) is 5.75. The van der Waals surface area contributed by atoms with Gasteiger partial charge in [-0.2, -0.15) is 21.7 Å². The number of carboxylic acid groups (broad SMARTS) is 1. The van der Waals surface area contributed by atoms with Crippen LogP contribution in [0.15, 0.2) is 23.1 Å². The second-order valence-electron chi connectivity index (χ2n) is 4.05. The van der Waals surface area contributed by atoms with Crippen LogP contribution >= 0.6 is 23.4 Å². The van der Waals surface area contributed by atoms with E-state index in [-0.39, 0.29) is 21.9 Å². The van der Waals surface area contributed by atoms with Crippen LogP contribution < -0.4 is 4.72 Å². The van der Waals surface area contributed by atoms with Gasteiger partial charge >= 0.3 is 5.97 Å². The summed E-state index contributed by atoms with van der Waals surface area (Å²) in [6.45, 7) is 0. The van der Waals surface area contributed by atoms with Gasteiger partial charge < -0.3 is 5.11 Å². The first-order valence-corrected chi connectivity index (χ1v) is 9.01. The third kappa shape index (κ3) is 4.89. The van der Waals surface area contributed by atoms with Crippen molar-refractivity contribution in [2.45, 2.75) is 17.4 Å². The number of aliphatic carboxylic acids is 1. The number of halogens is 1. The minimum atomic E-state index is -4.07. The lowest BCUT2D eigenvalue weighted by Crippen LogP contribution is -2.41. The number of hydrogen-bond acceptors (Lipinski definition) is 5. The molecular weight excluding hydrogens is 336 g/mol. The Bertz CT molecular complexity index is 670. The van der Waals surface area contributed by atoms with Crippen LogP contribution in [-0.2, 0) is 14.8 Å². The van der Waals surface area contributed by atoms with Crippen molar-refractivity contribution in [3.63, 3.8) is 0 Å². The lowest BCUT2D eigenvalue weighted by molar-refractivity contribution is -0.139. The molecule has 0 aliphatic carbocycles. The fraction of sp³-hybridized carbons (Fsp3) is 0.333. The summed E-state index contributed by atoms with van der Waals surface area (Å²) in [5, 5.41) is 17.6. The number of nitrogens with one attached hydrogen (secondary N) is 1. The number of nitriles is 1. The average molecular weight is 349 g/mol. The molecule has 0 bridgehead atoms. The first kappa shape index (κ1) is 17.8. The van der Waals surface area contributed by atoms with E-state index in [9.17, 15) is 13.2 Å². The Morgan fingerprint density at radius 2 is 2.24 bits per heavy atom. The molecule has 1 atom stereocenters. The highest BCUT2D eigenvalue weighted by atomic mass is 35.5. The second-order valence-corrected chi connectivity index (χ2v) is 7.13. The molecule has 2 N–H and O–H groups in total. The quantitative estimate of drug-likeness (QED) is 0.776. The molecule has 0 aromatic heterocycles. The van der Waals surface area contributed by atoms with Gasteiger partial charge in [0.15, 0.2) is 0 Å². The summed E-state index contributed by atoms with van der Waals surface area (Å²) >= 11 is 7.26. The number of nitrogens with zero attached hydrogens (tertiary/aromatic N) is 1. The van der Waals surface area contributed by atoms with E-state index in [2.05, 4.69) is 4.72 Å². The van der Waals surface area contributed by atoms with Gasteiger partial charge in [-0.1, -0.05) is 11.6 Å². The van der Waals surface area contributed by atoms with Crippen LogP contribution in [0, 0.1) is 11.3 Å². The van der Waals surface area contributed by atoms with Gasteiger partial charge in [-0.25, -0.2) is 8.42 Å². The number of carbonyl (C=O) groups is 1. The Balaban J connectivity index is 3.05. The third-order valence-electron chi connectivity index (χ3n) is 2.56. The monoisotopic (exact) mass is 348 g/mol. The molecule has 0 fully saturated rings. The Kier molecular flexibility index (Phi) is 6.48. The van der Waals surface area contributed by atoms with Gasteiger partial charge in [0.2, 0.25) is 10.0 Å². The zero-order chi connectivity index (χ0) is 16.0. The van der Waals surface area contributed by atoms with Crippen molar-refractivity contribution < 1.29 is 18.3 Å². The molecule has 0 spiro atoms. The van der Waals surface area contributed by atoms with Crippen LogP contribution in [0.5, 0.6) is 0 Å². The largest absolute Gasteiger partial charge is 0.480 e. The van der Waals surface area contributed by atoms with Crippen molar-refractivity contribution in [2.75, 3.05) is 12.0 Å². The van der Waals surface area contributed by atoms with Crippen LogP contribution in [0.4, 0.5) is 0 Å². The minimum absolute atomic E-state index is 0.129. The number of hydrogen-bond donors (Lipinski definition) is 2. The van der Waals surface area contributed by atoms with Gasteiger partial charge in [0.1, 0.15) is 10.9 Å². The molecule has 1 aromatic carbocycles. The highest BCUT2D eigenvalue weighted by Gasteiger charge is 2.26. The molecule has 0 heterocycles. The number of benzene rings is 1. The Morgan fingerprint density at radius 1 is 1.57 bits per heavy atom. The molecule has 6 nitrogen and oxygen atoms in total. The zero-order valence-electron chi connectivity index (χ0n) is 11.0. The summed E-state index contributed by atoms with van der Waals surface area (Å²) in [5.41, 5.74) is 0.219. The maximum Gasteiger partial charge on any atom is 0.321 e. The summed E-state index contributed by atoms with van der Waals surface area (Å²) in [4.78, 5) is 10.8. The molecule has 1 rings (SSSR count). The maximum absolute atomic E-state index is 12.2. The summed E-state index contributed by atoms with van der Waals surface area (Å²) in [6, 6.07) is 4.31. The molecule has 1 aromatic rings. The van der Waals surface area contributed by atoms with Gasteiger partial charge in [-0.05, 0) is 36.6 Å². The number of sulfonamides is 1. The highest BCUT2D eigenvalue weighted by molar-refractivity contribution is 7.98. The molecule has 0 aliphatic rings. The molecule has 0 saturated carbocycles. The van der Waals surface area contributed by atoms with Crippen LogP contribution in [0.2, 0.25) is 5.02 Å². The van der Waals surface area contributed by atoms with Gasteiger partial charge in [-0.3, -0.25) is 4.79 Å². The zero-order valence-corrected chi connectivity index (χ0v) is 13.4. The Morgan fingerprint density at radius 3 is 2.71 bits per heavy atom. The lowest BCUT2D eigenvalue weighted by Gasteiger charge is -2.15. The van der Waals surface area contributed by atoms with Gasteiger partial charge in [0.25, 0.3) is 0 Å². The maximum atomic E-state index is 12.2. The smallest absolute Gasteiger partial charge is 0.321 e. The van der Waals surface area contributed by atoms with Gasteiger partial charge in [-0.15, -0.1) is 0 Å². The highest BCUT2D eigenvalue weighted by Crippen LogP contribution is 2.23. The fourth-order valence-corrected chi connectivity index (χ4v) is 3.75. The van der Waals surface area contributed by atoms with E-state index < -0.39 is 22.0 Å². The van der Waals surface area contributed by atoms with E-state index in [4.69, 9.17) is 22.0 Å². The predicted molar refractivity (Wildman–Crippen MR) is 80.9 cm³/mol. The number of thioether (sulfide) groups is 1. The molecule has 9 heteroatoms. The summed E-state index contributed by atoms with van der Waals surface area (Å²) in [5.74, 6) is -0.752. The minimum Gasteiger partial charge on any atom is -0.480 e. The standard InChI is InChI=1S/C12H13ClN2O4S2/c1-20-5-4-10(12(16)17)15-21(18,19)11-3-2-8(7-14)6-9(11)13/h2-3,6,10,15H,4-5H2,1H3,(H,16,17)/t10-/m1/s1. The molecule has 0 saturated heterocycles. The predicted octanol–water partition coefficient (Wildman–Crippen LogP) is 1.70. The van der Waals surface area contributed by atoms with Crippen LogP contribution in [0.25, 0.3) is 0 Å². The van der Waals surface area contributed by atoms with Crippen LogP contribution in [0.3, 0.4) is 0 Å². The summed E-state index contributed by atoms with van der Waals surface area (Å²) in [6.07, 6.45) is 1.95. The fourth-order valence-electron chi connectivity index (χ4n) is 1.51. The van der Waals surface area contributed by atoms with Gasteiger partial charge in [0.05, 0.1) is 16.7 Å². The number of carboxylic acids is 1. The van der Waals surface area contributed by atoms with Crippen molar-refractivity contribution in [3.8, 4) is 6.07 Å². The normalized spacial score (nSPS) is 12.6. The molecule has 0 aliphatic heterocycles. The molecule has 114 valence electrons. The Hall–Kier alpha value is -1.27. The second kappa shape index (κ2) is 7.66. The van der Waals surface area contributed by atoms with Crippen molar-refractivity contribution in [1.82, 2.24) is 4.72 Å². The summed E-state index contributed by atoms with van der Waals surface area (Å²) in [7, 11) is -4.07. The average Bonchev–Trinajstić information content (AvgIpc) is 2.42. The molecular formula is C12H13ClN2O4S2. The lowest BCUT2D eigenvalue weighted by atomic mass is 10.2. The Labute approximate surface area is 132 Å². The summed E-state index contributed by atoms with van der Waals surface area (Å²) < 4.78 is 26.5. The van der Waals surface area contributed by atoms with E-state index in [0.29, 0.717) is 5.75 Å². The van der Waals surface area contributed by atoms with Gasteiger partial charge in [0, 0.05) is 0 Å². The van der Waals surface area contributed by atoms with Crippen LogP contribution in [0.1, 0.15) is 12.0 Å². The first-order chi connectivity index (χ1) is 9.81. The van der Waals surface area contributed by atoms with E-state index >= 15 is 0 Å². The van der Waals surface area contributed by atoms with Crippen LogP contribution in [-0.4, -0.2) is 37.5 Å². The van der Waals surface area contributed by atoms with Crippen molar-refractivity contribution in [3.05, 3.63) is 28.8 Å². The molecule has 0 amide bonds. The van der Waals surface area contributed by atoms with E-state index in [1.807, 2.05) is 6.07 Å². The number of rotatable bonds is 7. The van der Waals surface area contributed by atoms with E-state index in [1.54, 1.807) is 6.26 Å². The topological polar surface area (TPSA) is 107 Å². The third-order valence-corrected chi connectivity index (χ3v) is 5.16. The van der Waals surface area contributed by atoms with E-state index in [1.165, 1.54) is 30.0 Å². The van der Waals surface area contributed by atoms with Crippen molar-refractivity contribution >= 4 is 39.4 Å².